The highest BCUT2D eigenvalue weighted by Gasteiger charge is 1.93. The fourth-order valence-electron chi connectivity index (χ4n) is 1.44. The maximum atomic E-state index is 5.52. The van der Waals surface area contributed by atoms with E-state index < -0.39 is 0 Å². The smallest absolute Gasteiger partial charge is 0.0957 e. The lowest BCUT2D eigenvalue weighted by Crippen LogP contribution is -1.92. The molecule has 17 heavy (non-hydrogen) atoms. The molecule has 0 spiro atoms. The minimum absolute atomic E-state index is 0.619. The lowest BCUT2D eigenvalue weighted by atomic mass is 10.1. The van der Waals surface area contributed by atoms with Gasteiger partial charge in [0.05, 0.1) is 25.7 Å². The fourth-order valence-corrected chi connectivity index (χ4v) is 1.44. The van der Waals surface area contributed by atoms with E-state index in [4.69, 9.17) is 9.15 Å². The third-order valence-corrected chi connectivity index (χ3v) is 2.49. The Morgan fingerprint density at radius 3 is 2.76 bits per heavy atom. The third-order valence-electron chi connectivity index (χ3n) is 2.49. The monoisotopic (exact) mass is 234 g/mol. The van der Waals surface area contributed by atoms with Crippen LogP contribution in [0.4, 0.5) is 0 Å². The van der Waals surface area contributed by atoms with Gasteiger partial charge in [-0.05, 0) is 39.7 Å². The van der Waals surface area contributed by atoms with Crippen LogP contribution in [0, 0.1) is 0 Å². The first-order valence-corrected chi connectivity index (χ1v) is 6.06. The summed E-state index contributed by atoms with van der Waals surface area (Å²) in [5, 5.41) is 0. The molecule has 94 valence electrons. The lowest BCUT2D eigenvalue weighted by molar-refractivity contribution is 0.147. The van der Waals surface area contributed by atoms with Gasteiger partial charge in [0, 0.05) is 5.56 Å². The number of hydrogen-bond donors (Lipinski definition) is 0. The maximum absolute atomic E-state index is 5.52. The second-order valence-electron chi connectivity index (χ2n) is 4.52. The van der Waals surface area contributed by atoms with Crippen LogP contribution in [0.3, 0.4) is 0 Å². The Balaban J connectivity index is 2.13. The highest BCUT2D eigenvalue weighted by Crippen LogP contribution is 2.07. The zero-order valence-electron chi connectivity index (χ0n) is 11.0. The Morgan fingerprint density at radius 1 is 1.29 bits per heavy atom. The summed E-state index contributed by atoms with van der Waals surface area (Å²) in [6.45, 7) is 7.71. The van der Waals surface area contributed by atoms with Crippen LogP contribution in [0.2, 0.25) is 0 Å². The Bertz CT molecular complexity index is 354. The molecule has 0 atom stereocenters. The molecule has 2 heteroatoms. The van der Waals surface area contributed by atoms with E-state index in [0.29, 0.717) is 13.2 Å². The summed E-state index contributed by atoms with van der Waals surface area (Å²) in [5.41, 5.74) is 3.85. The van der Waals surface area contributed by atoms with Crippen molar-refractivity contribution in [3.05, 3.63) is 47.5 Å². The standard InChI is InChI=1S/C15H22O2/c1-13(2)5-4-6-14(3)7-9-16-11-15-8-10-17-12-15/h5,7-8,10,12H,4,6,9,11H2,1-3H3/b14-7+. The molecular weight excluding hydrogens is 212 g/mol. The molecule has 0 saturated heterocycles. The van der Waals surface area contributed by atoms with Crippen LogP contribution in [0.25, 0.3) is 0 Å². The van der Waals surface area contributed by atoms with Crippen molar-refractivity contribution in [3.63, 3.8) is 0 Å². The van der Waals surface area contributed by atoms with Crippen LogP contribution >= 0.6 is 0 Å². The molecule has 1 rings (SSSR count). The predicted octanol–water partition coefficient (Wildman–Crippen LogP) is 4.49. The minimum atomic E-state index is 0.619. The molecule has 1 aromatic rings. The van der Waals surface area contributed by atoms with Gasteiger partial charge in [-0.1, -0.05) is 23.3 Å². The second kappa shape index (κ2) is 7.91. The number of furan rings is 1. The van der Waals surface area contributed by atoms with Crippen molar-refractivity contribution in [1.29, 1.82) is 0 Å². The Kier molecular flexibility index (Phi) is 6.41. The molecule has 1 aromatic heterocycles. The second-order valence-corrected chi connectivity index (χ2v) is 4.52. The van der Waals surface area contributed by atoms with Gasteiger partial charge >= 0.3 is 0 Å². The average Bonchev–Trinajstić information content (AvgIpc) is 2.76. The molecule has 0 aliphatic carbocycles. The molecule has 0 radical (unpaired) electrons. The summed E-state index contributed by atoms with van der Waals surface area (Å²) >= 11 is 0. The molecular formula is C15H22O2. The van der Waals surface area contributed by atoms with Crippen LogP contribution in [0.5, 0.6) is 0 Å². The van der Waals surface area contributed by atoms with Gasteiger partial charge in [0.25, 0.3) is 0 Å². The van der Waals surface area contributed by atoms with Crippen LogP contribution in [0.1, 0.15) is 39.2 Å². The normalized spacial score (nSPS) is 11.6. The molecule has 0 aliphatic heterocycles. The Morgan fingerprint density at radius 2 is 2.12 bits per heavy atom. The zero-order chi connectivity index (χ0) is 12.5. The summed E-state index contributed by atoms with van der Waals surface area (Å²) < 4.78 is 10.5. The van der Waals surface area contributed by atoms with E-state index >= 15 is 0 Å². The quantitative estimate of drug-likeness (QED) is 0.512. The molecule has 2 nitrogen and oxygen atoms in total. The van der Waals surface area contributed by atoms with Crippen LogP contribution in [0.15, 0.2) is 46.3 Å². The van der Waals surface area contributed by atoms with E-state index in [2.05, 4.69) is 32.9 Å². The van der Waals surface area contributed by atoms with Crippen molar-refractivity contribution in [2.24, 2.45) is 0 Å². The van der Waals surface area contributed by atoms with E-state index in [1.165, 1.54) is 11.1 Å². The summed E-state index contributed by atoms with van der Waals surface area (Å²) in [5.74, 6) is 0. The molecule has 0 aromatic carbocycles. The van der Waals surface area contributed by atoms with Crippen LogP contribution < -0.4 is 0 Å². The summed E-state index contributed by atoms with van der Waals surface area (Å²) in [4.78, 5) is 0. The highest BCUT2D eigenvalue weighted by atomic mass is 16.5. The fraction of sp³-hybridized carbons (Fsp3) is 0.467. The first kappa shape index (κ1) is 13.8. The molecule has 0 N–H and O–H groups in total. The van der Waals surface area contributed by atoms with Gasteiger partial charge in [-0.2, -0.15) is 0 Å². The van der Waals surface area contributed by atoms with Crippen molar-refractivity contribution in [2.75, 3.05) is 6.61 Å². The zero-order valence-corrected chi connectivity index (χ0v) is 11.0. The van der Waals surface area contributed by atoms with E-state index in [-0.39, 0.29) is 0 Å². The van der Waals surface area contributed by atoms with Gasteiger partial charge in [0.1, 0.15) is 0 Å². The maximum Gasteiger partial charge on any atom is 0.0957 e. The van der Waals surface area contributed by atoms with E-state index in [1.807, 2.05) is 6.07 Å². The van der Waals surface area contributed by atoms with Crippen molar-refractivity contribution >= 4 is 0 Å². The van der Waals surface area contributed by atoms with Crippen LogP contribution in [-0.2, 0) is 11.3 Å². The Hall–Kier alpha value is -1.28. The molecule has 0 aliphatic rings. The van der Waals surface area contributed by atoms with Gasteiger partial charge in [-0.15, -0.1) is 0 Å². The summed E-state index contributed by atoms with van der Waals surface area (Å²) in [7, 11) is 0. The SMILES string of the molecule is CC(C)=CCC/C(C)=C/COCc1ccoc1. The summed E-state index contributed by atoms with van der Waals surface area (Å²) in [6, 6.07) is 1.92. The molecule has 0 amide bonds. The van der Waals surface area contributed by atoms with Crippen molar-refractivity contribution in [3.8, 4) is 0 Å². The minimum Gasteiger partial charge on any atom is -0.472 e. The van der Waals surface area contributed by atoms with Crippen molar-refractivity contribution in [2.45, 2.75) is 40.2 Å². The van der Waals surface area contributed by atoms with E-state index in [1.54, 1.807) is 12.5 Å². The van der Waals surface area contributed by atoms with Crippen molar-refractivity contribution in [1.82, 2.24) is 0 Å². The van der Waals surface area contributed by atoms with Gasteiger partial charge < -0.3 is 9.15 Å². The van der Waals surface area contributed by atoms with Gasteiger partial charge in [0.2, 0.25) is 0 Å². The first-order chi connectivity index (χ1) is 8.18. The third kappa shape index (κ3) is 6.80. The number of rotatable bonds is 7. The molecule has 0 saturated carbocycles. The molecule has 0 unspecified atom stereocenters. The lowest BCUT2D eigenvalue weighted by Gasteiger charge is -2.01. The number of ether oxygens (including phenoxy) is 1. The van der Waals surface area contributed by atoms with Crippen molar-refractivity contribution < 1.29 is 9.15 Å². The molecule has 0 fully saturated rings. The highest BCUT2D eigenvalue weighted by molar-refractivity contribution is 5.04. The average molecular weight is 234 g/mol. The first-order valence-electron chi connectivity index (χ1n) is 6.06. The number of allylic oxidation sites excluding steroid dienone is 3. The predicted molar refractivity (Wildman–Crippen MR) is 70.8 cm³/mol. The Labute approximate surface area is 104 Å². The van der Waals surface area contributed by atoms with Gasteiger partial charge in [0.15, 0.2) is 0 Å². The topological polar surface area (TPSA) is 22.4 Å². The van der Waals surface area contributed by atoms with Gasteiger partial charge in [-0.25, -0.2) is 0 Å². The van der Waals surface area contributed by atoms with Gasteiger partial charge in [-0.3, -0.25) is 0 Å². The van der Waals surface area contributed by atoms with E-state index in [0.717, 1.165) is 18.4 Å². The molecule has 0 bridgehead atoms. The largest absolute Gasteiger partial charge is 0.472 e. The summed E-state index contributed by atoms with van der Waals surface area (Å²) in [6.07, 6.45) is 10.0. The van der Waals surface area contributed by atoms with Crippen LogP contribution in [-0.4, -0.2) is 6.61 Å². The molecule has 1 heterocycles. The number of hydrogen-bond acceptors (Lipinski definition) is 2. The van der Waals surface area contributed by atoms with E-state index in [9.17, 15) is 0 Å².